The Bertz CT molecular complexity index is 287. The summed E-state index contributed by atoms with van der Waals surface area (Å²) >= 11 is 0. The van der Waals surface area contributed by atoms with E-state index in [1.807, 2.05) is 27.7 Å². The van der Waals surface area contributed by atoms with Gasteiger partial charge in [0.1, 0.15) is 0 Å². The van der Waals surface area contributed by atoms with Crippen molar-refractivity contribution in [1.82, 2.24) is 4.98 Å². The number of aromatic nitrogens is 1. The average Bonchev–Trinajstić information content (AvgIpc) is 3.18. The second-order valence-electron chi connectivity index (χ2n) is 3.61. The maximum Gasteiger partial charge on any atom is 0.0437 e. The molecule has 92 valence electrons. The van der Waals surface area contributed by atoms with Crippen molar-refractivity contribution in [2.24, 2.45) is 0 Å². The summed E-state index contributed by atoms with van der Waals surface area (Å²) < 4.78 is 0. The molecule has 1 saturated carbocycles. The van der Waals surface area contributed by atoms with Crippen LogP contribution in [0, 0.1) is 6.92 Å². The summed E-state index contributed by atoms with van der Waals surface area (Å²) in [6, 6.07) is 4.43. The fourth-order valence-electron chi connectivity index (χ4n) is 1.59. The van der Waals surface area contributed by atoms with Gasteiger partial charge in [0.15, 0.2) is 0 Å². The highest BCUT2D eigenvalue weighted by molar-refractivity contribution is 5.25. The third kappa shape index (κ3) is 4.34. The Morgan fingerprint density at radius 2 is 1.69 bits per heavy atom. The minimum atomic E-state index is 0.787. The molecule has 1 aromatic rings. The van der Waals surface area contributed by atoms with Crippen molar-refractivity contribution >= 4 is 0 Å². The molecule has 0 N–H and O–H groups in total. The Morgan fingerprint density at radius 3 is 2.06 bits per heavy atom. The molecule has 0 aliphatic heterocycles. The van der Waals surface area contributed by atoms with E-state index < -0.39 is 0 Å². The zero-order valence-electron chi connectivity index (χ0n) is 11.8. The van der Waals surface area contributed by atoms with Gasteiger partial charge < -0.3 is 0 Å². The van der Waals surface area contributed by atoms with E-state index in [0.29, 0.717) is 0 Å². The van der Waals surface area contributed by atoms with Crippen LogP contribution in [0.25, 0.3) is 0 Å². The van der Waals surface area contributed by atoms with Gasteiger partial charge in [0.25, 0.3) is 0 Å². The second-order valence-corrected chi connectivity index (χ2v) is 3.61. The molecule has 1 fully saturated rings. The largest absolute Gasteiger partial charge is 0.258 e. The summed E-state index contributed by atoms with van der Waals surface area (Å²) in [6.07, 6.45) is 3.79. The summed E-state index contributed by atoms with van der Waals surface area (Å²) in [7, 11) is 0. The molecule has 0 saturated heterocycles. The predicted octanol–water partition coefficient (Wildman–Crippen LogP) is 4.88. The summed E-state index contributed by atoms with van der Waals surface area (Å²) in [5.41, 5.74) is 3.92. The normalized spacial score (nSPS) is 13.1. The first-order chi connectivity index (χ1) is 7.81. The lowest BCUT2D eigenvalue weighted by molar-refractivity contribution is 0.957. The molecule has 1 aromatic heterocycles. The molecule has 1 heterocycles. The third-order valence-electron chi connectivity index (χ3n) is 2.59. The first kappa shape index (κ1) is 15.2. The van der Waals surface area contributed by atoms with Crippen LogP contribution in [0.2, 0.25) is 0 Å². The lowest BCUT2D eigenvalue weighted by Gasteiger charge is -2.03. The average molecular weight is 221 g/mol. The van der Waals surface area contributed by atoms with E-state index in [1.54, 1.807) is 0 Å². The highest BCUT2D eigenvalue weighted by atomic mass is 14.7. The SMILES string of the molecule is CC.CC.CCc1ccc(C2CC2)nc1C. The standard InChI is InChI=1S/C11H15N.2C2H6/c1-3-9-6-7-11(10-4-5-10)12-8(9)2;2*1-2/h6-7,10H,3-5H2,1-2H3;2*1-2H3. The monoisotopic (exact) mass is 221 g/mol. The van der Waals surface area contributed by atoms with Crippen LogP contribution in [0.4, 0.5) is 0 Å². The van der Waals surface area contributed by atoms with Crippen LogP contribution in [0.1, 0.15) is 70.3 Å². The molecule has 0 radical (unpaired) electrons. The number of aryl methyl sites for hydroxylation is 2. The minimum absolute atomic E-state index is 0.787. The maximum absolute atomic E-state index is 4.61. The van der Waals surface area contributed by atoms with Crippen molar-refractivity contribution < 1.29 is 0 Å². The first-order valence-corrected chi connectivity index (χ1v) is 6.77. The van der Waals surface area contributed by atoms with Gasteiger partial charge in [0.2, 0.25) is 0 Å². The number of rotatable bonds is 2. The van der Waals surface area contributed by atoms with Gasteiger partial charge in [-0.3, -0.25) is 4.98 Å². The lowest BCUT2D eigenvalue weighted by Crippen LogP contribution is -1.94. The molecule has 1 aliphatic rings. The lowest BCUT2D eigenvalue weighted by atomic mass is 10.1. The van der Waals surface area contributed by atoms with E-state index in [0.717, 1.165) is 12.3 Å². The predicted molar refractivity (Wildman–Crippen MR) is 73.0 cm³/mol. The van der Waals surface area contributed by atoms with Crippen molar-refractivity contribution in [3.8, 4) is 0 Å². The number of pyridine rings is 1. The van der Waals surface area contributed by atoms with E-state index >= 15 is 0 Å². The van der Waals surface area contributed by atoms with Crippen molar-refractivity contribution in [2.75, 3.05) is 0 Å². The van der Waals surface area contributed by atoms with Crippen molar-refractivity contribution in [3.05, 3.63) is 29.1 Å². The van der Waals surface area contributed by atoms with Crippen LogP contribution < -0.4 is 0 Å². The number of hydrogen-bond donors (Lipinski definition) is 0. The van der Waals surface area contributed by atoms with Crippen LogP contribution >= 0.6 is 0 Å². The molecule has 16 heavy (non-hydrogen) atoms. The summed E-state index contributed by atoms with van der Waals surface area (Å²) in [6.45, 7) is 12.3. The van der Waals surface area contributed by atoms with E-state index in [-0.39, 0.29) is 0 Å². The molecule has 2 rings (SSSR count). The maximum atomic E-state index is 4.61. The van der Waals surface area contributed by atoms with Gasteiger partial charge >= 0.3 is 0 Å². The molecule has 0 spiro atoms. The third-order valence-corrected chi connectivity index (χ3v) is 2.59. The van der Waals surface area contributed by atoms with Crippen molar-refractivity contribution in [2.45, 2.75) is 66.7 Å². The molecule has 0 amide bonds. The van der Waals surface area contributed by atoms with E-state index in [1.165, 1.54) is 29.8 Å². The van der Waals surface area contributed by atoms with E-state index in [9.17, 15) is 0 Å². The van der Waals surface area contributed by atoms with Crippen LogP contribution in [0.5, 0.6) is 0 Å². The number of hydrogen-bond acceptors (Lipinski definition) is 1. The summed E-state index contributed by atoms with van der Waals surface area (Å²) in [4.78, 5) is 4.61. The van der Waals surface area contributed by atoms with Crippen LogP contribution in [0.15, 0.2) is 12.1 Å². The minimum Gasteiger partial charge on any atom is -0.258 e. The molecular formula is C15H27N. The molecule has 0 unspecified atom stereocenters. The van der Waals surface area contributed by atoms with Crippen molar-refractivity contribution in [1.29, 1.82) is 0 Å². The Labute approximate surface area is 101 Å². The van der Waals surface area contributed by atoms with Crippen LogP contribution in [-0.4, -0.2) is 4.98 Å². The molecule has 0 atom stereocenters. The number of nitrogens with zero attached hydrogens (tertiary/aromatic N) is 1. The van der Waals surface area contributed by atoms with E-state index in [4.69, 9.17) is 0 Å². The fourth-order valence-corrected chi connectivity index (χ4v) is 1.59. The molecule has 0 bridgehead atoms. The Hall–Kier alpha value is -0.850. The fraction of sp³-hybridized carbons (Fsp3) is 0.667. The molecule has 0 aromatic carbocycles. The Kier molecular flexibility index (Phi) is 7.88. The highest BCUT2D eigenvalue weighted by Gasteiger charge is 2.24. The van der Waals surface area contributed by atoms with Crippen LogP contribution in [0.3, 0.4) is 0 Å². The Balaban J connectivity index is 0.000000509. The molecule has 1 aliphatic carbocycles. The zero-order chi connectivity index (χ0) is 12.6. The second kappa shape index (κ2) is 8.32. The van der Waals surface area contributed by atoms with Gasteiger partial charge in [-0.05, 0) is 37.8 Å². The van der Waals surface area contributed by atoms with Gasteiger partial charge in [0.05, 0.1) is 0 Å². The molecule has 1 heteroatoms. The summed E-state index contributed by atoms with van der Waals surface area (Å²) in [5, 5.41) is 0. The van der Waals surface area contributed by atoms with Crippen molar-refractivity contribution in [3.63, 3.8) is 0 Å². The Morgan fingerprint density at radius 1 is 1.12 bits per heavy atom. The van der Waals surface area contributed by atoms with Gasteiger partial charge in [-0.1, -0.05) is 40.7 Å². The zero-order valence-corrected chi connectivity index (χ0v) is 11.8. The van der Waals surface area contributed by atoms with Gasteiger partial charge in [-0.15, -0.1) is 0 Å². The van der Waals surface area contributed by atoms with Gasteiger partial charge in [0, 0.05) is 17.3 Å². The van der Waals surface area contributed by atoms with Gasteiger partial charge in [-0.2, -0.15) is 0 Å². The summed E-state index contributed by atoms with van der Waals surface area (Å²) in [5.74, 6) is 0.787. The van der Waals surface area contributed by atoms with Crippen LogP contribution in [-0.2, 0) is 6.42 Å². The smallest absolute Gasteiger partial charge is 0.0437 e. The highest BCUT2D eigenvalue weighted by Crippen LogP contribution is 2.39. The topological polar surface area (TPSA) is 12.9 Å². The molecule has 1 nitrogen and oxygen atoms in total. The quantitative estimate of drug-likeness (QED) is 0.693. The van der Waals surface area contributed by atoms with E-state index in [2.05, 4.69) is 31.0 Å². The van der Waals surface area contributed by atoms with Gasteiger partial charge in [-0.25, -0.2) is 0 Å². The first-order valence-electron chi connectivity index (χ1n) is 6.77. The molecular weight excluding hydrogens is 194 g/mol.